The topological polar surface area (TPSA) is 52.6 Å². The van der Waals surface area contributed by atoms with E-state index in [9.17, 15) is 22.5 Å². The number of carbonyl (C=O) groups is 1. The van der Waals surface area contributed by atoms with Crippen LogP contribution in [0.15, 0.2) is 21.6 Å². The molecule has 0 aromatic rings. The summed E-state index contributed by atoms with van der Waals surface area (Å²) in [7, 11) is 0. The predicted molar refractivity (Wildman–Crippen MR) is 69.4 cm³/mol. The molecule has 0 aromatic carbocycles. The van der Waals surface area contributed by atoms with Crippen molar-refractivity contribution in [2.45, 2.75) is 31.5 Å². The Kier molecular flexibility index (Phi) is 4.43. The molecule has 1 heterocycles. The molecular formula is C11H12F3NO3S2. The fourth-order valence-electron chi connectivity index (χ4n) is 2.01. The van der Waals surface area contributed by atoms with Gasteiger partial charge in [-0.05, 0) is 17.6 Å². The van der Waals surface area contributed by atoms with Crippen LogP contribution in [0.25, 0.3) is 0 Å². The van der Waals surface area contributed by atoms with Crippen LogP contribution in [-0.2, 0) is 20.8 Å². The molecule has 2 rings (SSSR count). The lowest BCUT2D eigenvalue weighted by Gasteiger charge is -2.28. The van der Waals surface area contributed by atoms with Crippen LogP contribution in [0.4, 0.5) is 13.2 Å². The number of ketones is 1. The molecule has 0 bridgehead atoms. The van der Waals surface area contributed by atoms with Gasteiger partial charge in [-0.3, -0.25) is 4.79 Å². The highest BCUT2D eigenvalue weighted by molar-refractivity contribution is 8.04. The van der Waals surface area contributed by atoms with Crippen molar-refractivity contribution in [2.24, 2.45) is 0 Å². The van der Waals surface area contributed by atoms with Gasteiger partial charge in [0.1, 0.15) is 17.3 Å². The Morgan fingerprint density at radius 2 is 2.25 bits per heavy atom. The number of hydrogen-bond acceptors (Lipinski definition) is 5. The Balaban J connectivity index is 2.39. The highest BCUT2D eigenvalue weighted by atomic mass is 32.2. The molecule has 0 spiro atoms. The summed E-state index contributed by atoms with van der Waals surface area (Å²) >= 11 is -0.417. The van der Waals surface area contributed by atoms with Gasteiger partial charge in [-0.15, -0.1) is 24.9 Å². The van der Waals surface area contributed by atoms with E-state index in [2.05, 4.69) is 4.84 Å². The summed E-state index contributed by atoms with van der Waals surface area (Å²) in [5, 5.41) is 0.152. The summed E-state index contributed by atoms with van der Waals surface area (Å²) in [6.07, 6.45) is -1.95. The second-order valence-electron chi connectivity index (χ2n) is 4.22. The van der Waals surface area contributed by atoms with E-state index < -0.39 is 22.9 Å². The van der Waals surface area contributed by atoms with Gasteiger partial charge in [0.2, 0.25) is 0 Å². The Morgan fingerprint density at radius 1 is 1.60 bits per heavy atom. The zero-order valence-electron chi connectivity index (χ0n) is 10.7. The minimum atomic E-state index is -4.84. The predicted octanol–water partition coefficient (Wildman–Crippen LogP) is 2.67. The molecule has 0 radical (unpaired) electrons. The van der Waals surface area contributed by atoms with Crippen LogP contribution in [0.5, 0.6) is 0 Å². The Hall–Kier alpha value is -0.640. The molecule has 2 unspecified atom stereocenters. The molecule has 20 heavy (non-hydrogen) atoms. The number of nitrogens with zero attached hydrogens (tertiary/aromatic N) is 1. The van der Waals surface area contributed by atoms with Crippen molar-refractivity contribution in [2.75, 3.05) is 6.26 Å². The van der Waals surface area contributed by atoms with Gasteiger partial charge in [0.25, 0.3) is 0 Å². The maximum Gasteiger partial charge on any atom is 0.544 e. The minimum Gasteiger partial charge on any atom is -0.612 e. The van der Waals surface area contributed by atoms with Crippen LogP contribution in [0.1, 0.15) is 19.8 Å². The second kappa shape index (κ2) is 5.63. The van der Waals surface area contributed by atoms with E-state index in [1.54, 1.807) is 6.92 Å². The number of hydrogen-bond donors (Lipinski definition) is 0. The van der Waals surface area contributed by atoms with Crippen LogP contribution in [-0.4, -0.2) is 33.4 Å². The normalized spacial score (nSPS) is 24.9. The summed E-state index contributed by atoms with van der Waals surface area (Å²) in [6, 6.07) is 0. The Bertz CT molecular complexity index is 488. The third kappa shape index (κ3) is 3.16. The van der Waals surface area contributed by atoms with Crippen LogP contribution < -0.4 is 0 Å². The number of alkyl halides is 3. The van der Waals surface area contributed by atoms with Gasteiger partial charge < -0.3 is 4.55 Å². The zero-order chi connectivity index (χ0) is 15.1. The number of hydroxylamine groups is 2. The number of rotatable bonds is 3. The summed E-state index contributed by atoms with van der Waals surface area (Å²) in [5.41, 5.74) is 0.125. The van der Waals surface area contributed by atoms with Gasteiger partial charge in [0.15, 0.2) is 10.7 Å². The number of halogens is 3. The van der Waals surface area contributed by atoms with Gasteiger partial charge >= 0.3 is 6.36 Å². The first-order valence-electron chi connectivity index (χ1n) is 5.76. The Labute approximate surface area is 121 Å². The van der Waals surface area contributed by atoms with Crippen LogP contribution in [0.2, 0.25) is 0 Å². The average Bonchev–Trinajstić information content (AvgIpc) is 2.63. The monoisotopic (exact) mass is 327 g/mol. The van der Waals surface area contributed by atoms with Crippen molar-refractivity contribution >= 4 is 28.7 Å². The molecule has 9 heteroatoms. The van der Waals surface area contributed by atoms with E-state index in [4.69, 9.17) is 0 Å². The molecule has 2 atom stereocenters. The highest BCUT2D eigenvalue weighted by Crippen LogP contribution is 2.48. The van der Waals surface area contributed by atoms with Crippen molar-refractivity contribution in [1.29, 1.82) is 0 Å². The van der Waals surface area contributed by atoms with Crippen molar-refractivity contribution < 1.29 is 27.4 Å². The molecule has 112 valence electrons. The molecule has 0 N–H and O–H groups in total. The van der Waals surface area contributed by atoms with E-state index >= 15 is 0 Å². The molecule has 1 aliphatic heterocycles. The second-order valence-corrected chi connectivity index (χ2v) is 6.84. The van der Waals surface area contributed by atoms with Gasteiger partial charge in [-0.25, -0.2) is 5.06 Å². The Morgan fingerprint density at radius 3 is 2.75 bits per heavy atom. The van der Waals surface area contributed by atoms with Crippen molar-refractivity contribution in [3.05, 3.63) is 21.6 Å². The lowest BCUT2D eigenvalue weighted by atomic mass is 10.1. The fourth-order valence-corrected chi connectivity index (χ4v) is 4.14. The summed E-state index contributed by atoms with van der Waals surface area (Å²) in [5.74, 6) is -0.259. The van der Waals surface area contributed by atoms with E-state index in [1.807, 2.05) is 0 Å². The minimum absolute atomic E-state index is 0.0227. The number of carbonyl (C=O) groups excluding carboxylic acids is 1. The smallest absolute Gasteiger partial charge is 0.544 e. The third-order valence-electron chi connectivity index (χ3n) is 2.75. The molecule has 2 aliphatic rings. The molecular weight excluding hydrogens is 315 g/mol. The standard InChI is InChI=1S/C11H12F3NO3S2/c1-3-9-15(18-11(12,13)14)10-7(19-9)4-6(16)5-8(10)20(2)17/h5,9H,3-4H2,1-2H3. The first kappa shape index (κ1) is 15.7. The maximum atomic E-state index is 12.5. The quantitative estimate of drug-likeness (QED) is 0.746. The largest absolute Gasteiger partial charge is 0.612 e. The molecule has 4 nitrogen and oxygen atoms in total. The lowest BCUT2D eigenvalue weighted by Crippen LogP contribution is -2.36. The van der Waals surface area contributed by atoms with Gasteiger partial charge in [0, 0.05) is 17.4 Å². The van der Waals surface area contributed by atoms with E-state index in [0.29, 0.717) is 11.3 Å². The van der Waals surface area contributed by atoms with E-state index in [-0.39, 0.29) is 22.8 Å². The molecule has 0 saturated carbocycles. The number of thioether (sulfide) groups is 1. The highest BCUT2D eigenvalue weighted by Gasteiger charge is 2.46. The molecule has 0 saturated heterocycles. The average molecular weight is 327 g/mol. The van der Waals surface area contributed by atoms with Gasteiger partial charge in [0.05, 0.1) is 0 Å². The van der Waals surface area contributed by atoms with Crippen LogP contribution in [0.3, 0.4) is 0 Å². The van der Waals surface area contributed by atoms with Crippen molar-refractivity contribution in [1.82, 2.24) is 5.06 Å². The van der Waals surface area contributed by atoms with E-state index in [1.165, 1.54) is 6.26 Å². The zero-order valence-corrected chi connectivity index (χ0v) is 12.3. The van der Waals surface area contributed by atoms with Crippen LogP contribution in [0, 0.1) is 0 Å². The molecule has 0 fully saturated rings. The first-order chi connectivity index (χ1) is 9.23. The third-order valence-corrected chi connectivity index (χ3v) is 5.10. The molecule has 1 aliphatic carbocycles. The maximum absolute atomic E-state index is 12.5. The van der Waals surface area contributed by atoms with Crippen molar-refractivity contribution in [3.63, 3.8) is 0 Å². The van der Waals surface area contributed by atoms with Crippen molar-refractivity contribution in [3.8, 4) is 0 Å². The number of allylic oxidation sites excluding steroid dienone is 2. The lowest BCUT2D eigenvalue weighted by molar-refractivity contribution is -0.406. The summed E-state index contributed by atoms with van der Waals surface area (Å²) in [4.78, 5) is 16.2. The van der Waals surface area contributed by atoms with Gasteiger partial charge in [-0.1, -0.05) is 6.92 Å². The van der Waals surface area contributed by atoms with E-state index in [0.717, 1.165) is 22.9 Å². The fraction of sp³-hybridized carbons (Fsp3) is 0.545. The summed E-state index contributed by atoms with van der Waals surface area (Å²) < 4.78 is 49.2. The molecule has 0 aromatic heterocycles. The van der Waals surface area contributed by atoms with Gasteiger partial charge in [-0.2, -0.15) is 4.84 Å². The SMILES string of the molecule is CCC1SC2=C(C([S+](C)[O-])=CC(=O)C2)N1OC(F)(F)F. The summed E-state index contributed by atoms with van der Waals surface area (Å²) in [6.45, 7) is 1.72. The van der Waals surface area contributed by atoms with Crippen LogP contribution >= 0.6 is 11.8 Å². The first-order valence-corrected chi connectivity index (χ1v) is 8.20. The molecule has 0 amide bonds.